The highest BCUT2D eigenvalue weighted by Gasteiger charge is 2.10. The Kier molecular flexibility index (Phi) is 5.48. The molecular formula is C25H23N5S. The van der Waals surface area contributed by atoms with Crippen molar-refractivity contribution in [1.29, 1.82) is 0 Å². The topological polar surface area (TPSA) is 68.8 Å². The maximum Gasteiger partial charge on any atom is 0.135 e. The minimum atomic E-state index is 0.563. The van der Waals surface area contributed by atoms with Crippen LogP contribution < -0.4 is 11.1 Å². The van der Waals surface area contributed by atoms with Gasteiger partial charge in [0.25, 0.3) is 0 Å². The molecule has 0 aliphatic carbocycles. The van der Waals surface area contributed by atoms with E-state index in [0.717, 1.165) is 45.1 Å². The third-order valence-electron chi connectivity index (χ3n) is 5.32. The molecule has 3 aromatic heterocycles. The molecule has 3 N–H and O–H groups in total. The van der Waals surface area contributed by atoms with Crippen molar-refractivity contribution in [3.05, 3.63) is 101 Å². The molecule has 0 aliphatic rings. The maximum atomic E-state index is 5.68. The molecule has 0 bridgehead atoms. The Bertz CT molecular complexity index is 1290. The molecule has 0 atom stereocenters. The van der Waals surface area contributed by atoms with Gasteiger partial charge in [-0.2, -0.15) is 0 Å². The van der Waals surface area contributed by atoms with Gasteiger partial charge in [0.2, 0.25) is 0 Å². The number of nitrogens with one attached hydrogen (secondary N) is 1. The van der Waals surface area contributed by atoms with Gasteiger partial charge in [0.05, 0.1) is 17.8 Å². The molecule has 5 aromatic rings. The van der Waals surface area contributed by atoms with Gasteiger partial charge in [-0.1, -0.05) is 54.6 Å². The summed E-state index contributed by atoms with van der Waals surface area (Å²) in [7, 11) is 0. The summed E-state index contributed by atoms with van der Waals surface area (Å²) < 4.78 is 2.22. The van der Waals surface area contributed by atoms with E-state index >= 15 is 0 Å². The SMILES string of the molecule is NCc1ccc(CNc2nccc3c2ccn3Cc2csc(-c3ccccc3)n2)cc1. The van der Waals surface area contributed by atoms with E-state index in [2.05, 4.69) is 75.0 Å². The Morgan fingerprint density at radius 2 is 1.74 bits per heavy atom. The number of thiazole rings is 1. The van der Waals surface area contributed by atoms with Crippen LogP contribution in [-0.4, -0.2) is 14.5 Å². The fourth-order valence-electron chi connectivity index (χ4n) is 3.65. The van der Waals surface area contributed by atoms with Gasteiger partial charge in [-0.3, -0.25) is 0 Å². The lowest BCUT2D eigenvalue weighted by Gasteiger charge is -2.09. The Morgan fingerprint density at radius 1 is 0.935 bits per heavy atom. The first-order chi connectivity index (χ1) is 15.3. The highest BCUT2D eigenvalue weighted by Crippen LogP contribution is 2.26. The summed E-state index contributed by atoms with van der Waals surface area (Å²) in [5.74, 6) is 0.891. The van der Waals surface area contributed by atoms with Crippen LogP contribution in [0, 0.1) is 0 Å². The van der Waals surface area contributed by atoms with Crippen molar-refractivity contribution in [1.82, 2.24) is 14.5 Å². The van der Waals surface area contributed by atoms with Crippen LogP contribution in [0.25, 0.3) is 21.5 Å². The van der Waals surface area contributed by atoms with Crippen molar-refractivity contribution in [3.63, 3.8) is 0 Å². The quantitative estimate of drug-likeness (QED) is 0.372. The Labute approximate surface area is 185 Å². The molecule has 0 aliphatic heterocycles. The fourth-order valence-corrected chi connectivity index (χ4v) is 4.46. The molecule has 6 heteroatoms. The molecular weight excluding hydrogens is 402 g/mol. The molecule has 5 nitrogen and oxygen atoms in total. The maximum absolute atomic E-state index is 5.68. The number of fused-ring (bicyclic) bond motifs is 1. The normalized spacial score (nSPS) is 11.1. The first-order valence-corrected chi connectivity index (χ1v) is 11.1. The van der Waals surface area contributed by atoms with Crippen molar-refractivity contribution in [3.8, 4) is 10.6 Å². The van der Waals surface area contributed by atoms with Gasteiger partial charge in [0.1, 0.15) is 10.8 Å². The average molecular weight is 426 g/mol. The number of rotatable bonds is 7. The monoisotopic (exact) mass is 425 g/mol. The van der Waals surface area contributed by atoms with Crippen LogP contribution in [0.2, 0.25) is 0 Å². The third-order valence-corrected chi connectivity index (χ3v) is 6.26. The summed E-state index contributed by atoms with van der Waals surface area (Å²) in [4.78, 5) is 9.39. The molecule has 0 saturated heterocycles. The summed E-state index contributed by atoms with van der Waals surface area (Å²) in [5.41, 5.74) is 11.4. The van der Waals surface area contributed by atoms with E-state index in [-0.39, 0.29) is 0 Å². The molecule has 0 unspecified atom stereocenters. The van der Waals surface area contributed by atoms with Crippen molar-refractivity contribution in [2.75, 3.05) is 5.32 Å². The van der Waals surface area contributed by atoms with Crippen molar-refractivity contribution in [2.24, 2.45) is 5.73 Å². The number of hydrogen-bond acceptors (Lipinski definition) is 5. The van der Waals surface area contributed by atoms with Gasteiger partial charge in [-0.25, -0.2) is 9.97 Å². The van der Waals surface area contributed by atoms with Gasteiger partial charge in [0, 0.05) is 41.8 Å². The number of benzene rings is 2. The smallest absolute Gasteiger partial charge is 0.135 e. The van der Waals surface area contributed by atoms with E-state index in [9.17, 15) is 0 Å². The number of nitrogens with zero attached hydrogens (tertiary/aromatic N) is 3. The lowest BCUT2D eigenvalue weighted by molar-refractivity contribution is 0.815. The Balaban J connectivity index is 1.34. The lowest BCUT2D eigenvalue weighted by atomic mass is 10.1. The highest BCUT2D eigenvalue weighted by molar-refractivity contribution is 7.13. The highest BCUT2D eigenvalue weighted by atomic mass is 32.1. The van der Waals surface area contributed by atoms with Gasteiger partial charge in [0.15, 0.2) is 0 Å². The standard InChI is InChI=1S/C25H23N5S/c26-14-18-6-8-19(9-7-18)15-28-24-22-11-13-30(23(22)10-12-27-24)16-21-17-31-25(29-21)20-4-2-1-3-5-20/h1-13,17H,14-16,26H2,(H,27,28). The zero-order valence-corrected chi connectivity index (χ0v) is 17.8. The van der Waals surface area contributed by atoms with Crippen molar-refractivity contribution in [2.45, 2.75) is 19.6 Å². The predicted octanol–water partition coefficient (Wildman–Crippen LogP) is 5.28. The molecule has 0 radical (unpaired) electrons. The first-order valence-electron chi connectivity index (χ1n) is 10.3. The van der Waals surface area contributed by atoms with Crippen LogP contribution in [0.1, 0.15) is 16.8 Å². The minimum Gasteiger partial charge on any atom is -0.365 e. The number of nitrogens with two attached hydrogens (primary N) is 1. The molecule has 0 amide bonds. The molecule has 0 spiro atoms. The first kappa shape index (κ1) is 19.5. The van der Waals surface area contributed by atoms with E-state index in [4.69, 9.17) is 10.7 Å². The number of aromatic nitrogens is 3. The summed E-state index contributed by atoms with van der Waals surface area (Å²) in [6.07, 6.45) is 3.96. The Hall–Kier alpha value is -3.48. The largest absolute Gasteiger partial charge is 0.365 e. The molecule has 154 valence electrons. The minimum absolute atomic E-state index is 0.563. The van der Waals surface area contributed by atoms with Crippen LogP contribution in [-0.2, 0) is 19.6 Å². The zero-order chi connectivity index (χ0) is 21.0. The second kappa shape index (κ2) is 8.71. The number of anilines is 1. The van der Waals surface area contributed by atoms with E-state index in [1.807, 2.05) is 24.4 Å². The van der Waals surface area contributed by atoms with Gasteiger partial charge in [-0.05, 0) is 23.3 Å². The molecule has 5 rings (SSSR count). The van der Waals surface area contributed by atoms with E-state index < -0.39 is 0 Å². The van der Waals surface area contributed by atoms with Crippen LogP contribution in [0.3, 0.4) is 0 Å². The third kappa shape index (κ3) is 4.21. The van der Waals surface area contributed by atoms with Crippen LogP contribution >= 0.6 is 11.3 Å². The summed E-state index contributed by atoms with van der Waals surface area (Å²) >= 11 is 1.68. The van der Waals surface area contributed by atoms with Gasteiger partial charge in [-0.15, -0.1) is 11.3 Å². The number of pyridine rings is 1. The fraction of sp³-hybridized carbons (Fsp3) is 0.120. The average Bonchev–Trinajstić information content (AvgIpc) is 3.47. The summed E-state index contributed by atoms with van der Waals surface area (Å²) in [5, 5.41) is 7.78. The summed E-state index contributed by atoms with van der Waals surface area (Å²) in [6, 6.07) is 22.8. The van der Waals surface area contributed by atoms with Crippen molar-refractivity contribution < 1.29 is 0 Å². The van der Waals surface area contributed by atoms with E-state index in [1.54, 1.807) is 11.3 Å². The number of hydrogen-bond donors (Lipinski definition) is 2. The Morgan fingerprint density at radius 3 is 2.55 bits per heavy atom. The molecule has 2 aromatic carbocycles. The zero-order valence-electron chi connectivity index (χ0n) is 17.0. The molecule has 31 heavy (non-hydrogen) atoms. The second-order valence-corrected chi connectivity index (χ2v) is 8.28. The molecule has 0 fully saturated rings. The lowest BCUT2D eigenvalue weighted by Crippen LogP contribution is -2.03. The summed E-state index contributed by atoms with van der Waals surface area (Å²) in [6.45, 7) is 2.01. The van der Waals surface area contributed by atoms with Gasteiger partial charge >= 0.3 is 0 Å². The van der Waals surface area contributed by atoms with Crippen LogP contribution in [0.15, 0.2) is 84.5 Å². The molecule has 3 heterocycles. The predicted molar refractivity (Wildman–Crippen MR) is 128 cm³/mol. The van der Waals surface area contributed by atoms with E-state index in [0.29, 0.717) is 13.1 Å². The van der Waals surface area contributed by atoms with Crippen molar-refractivity contribution >= 4 is 28.1 Å². The van der Waals surface area contributed by atoms with Crippen LogP contribution in [0.5, 0.6) is 0 Å². The molecule has 0 saturated carbocycles. The van der Waals surface area contributed by atoms with E-state index in [1.165, 1.54) is 5.56 Å². The van der Waals surface area contributed by atoms with Crippen LogP contribution in [0.4, 0.5) is 5.82 Å². The van der Waals surface area contributed by atoms with Gasteiger partial charge < -0.3 is 15.6 Å². The second-order valence-electron chi connectivity index (χ2n) is 7.42.